The van der Waals surface area contributed by atoms with Crippen molar-refractivity contribution in [2.45, 2.75) is 31.3 Å². The highest BCUT2D eigenvalue weighted by Gasteiger charge is 2.43. The Balaban J connectivity index is 2.61. The third-order valence-corrected chi connectivity index (χ3v) is 2.57. The molecule has 0 N–H and O–H groups in total. The Morgan fingerprint density at radius 2 is 1.86 bits per heavy atom. The number of alkyl halides is 3. The molecule has 1 fully saturated rings. The second kappa shape index (κ2) is 3.80. The molecule has 76 valence electrons. The van der Waals surface area contributed by atoms with E-state index in [0.717, 1.165) is 0 Å². The molecule has 0 aliphatic carbocycles. The van der Waals surface area contributed by atoms with Crippen molar-refractivity contribution < 1.29 is 13.2 Å². The summed E-state index contributed by atoms with van der Waals surface area (Å²) in [4.78, 5) is 1.48. The van der Waals surface area contributed by atoms with E-state index in [9.17, 15) is 13.2 Å². The van der Waals surface area contributed by atoms with Crippen LogP contribution < -0.4 is 0 Å². The molecule has 0 aromatic carbocycles. The Morgan fingerprint density at radius 3 is 2.29 bits per heavy atom. The first-order valence-corrected chi connectivity index (χ1v) is 4.61. The highest BCUT2D eigenvalue weighted by atomic mass is 19.4. The van der Waals surface area contributed by atoms with Gasteiger partial charge in [-0.3, -0.25) is 0 Å². The predicted molar refractivity (Wildman–Crippen MR) is 50.3 cm³/mol. The molecule has 1 saturated heterocycles. The molecule has 4 radical (unpaired) electrons. The summed E-state index contributed by atoms with van der Waals surface area (Å²) in [5.41, 5.74) is 0. The third kappa shape index (κ3) is 2.94. The van der Waals surface area contributed by atoms with Crippen molar-refractivity contribution in [2.75, 3.05) is 13.1 Å². The van der Waals surface area contributed by atoms with Gasteiger partial charge < -0.3 is 4.90 Å². The van der Waals surface area contributed by atoms with E-state index in [-0.39, 0.29) is 13.0 Å². The molecule has 0 saturated carbocycles. The topological polar surface area (TPSA) is 3.24 Å². The van der Waals surface area contributed by atoms with E-state index in [1.165, 1.54) is 11.8 Å². The van der Waals surface area contributed by atoms with Gasteiger partial charge >= 0.3 is 6.18 Å². The molecule has 0 aromatic rings. The number of hydrogen-bond donors (Lipinski definition) is 0. The van der Waals surface area contributed by atoms with E-state index < -0.39 is 17.4 Å². The Hall–Kier alpha value is -0.120. The highest BCUT2D eigenvalue weighted by Crippen LogP contribution is 2.34. The third-order valence-electron chi connectivity index (χ3n) is 2.57. The SMILES string of the molecule is [B]C([B])(C)N1CCCC(C(F)(F)F)C1. The van der Waals surface area contributed by atoms with Gasteiger partial charge in [-0.1, -0.05) is 12.3 Å². The summed E-state index contributed by atoms with van der Waals surface area (Å²) in [6, 6.07) is 0. The zero-order valence-corrected chi connectivity index (χ0v) is 8.14. The summed E-state index contributed by atoms with van der Waals surface area (Å²) >= 11 is 0. The number of halogens is 3. The number of likely N-dealkylation sites (tertiary alicyclic amines) is 1. The molecule has 1 nitrogen and oxygen atoms in total. The molecule has 1 atom stereocenters. The lowest BCUT2D eigenvalue weighted by Crippen LogP contribution is -2.54. The summed E-state index contributed by atoms with van der Waals surface area (Å²) in [5.74, 6) is -1.29. The van der Waals surface area contributed by atoms with Gasteiger partial charge in [0.15, 0.2) is 0 Å². The number of rotatable bonds is 1. The first-order valence-electron chi connectivity index (χ1n) is 4.61. The summed E-state index contributed by atoms with van der Waals surface area (Å²) < 4.78 is 37.2. The predicted octanol–water partition coefficient (Wildman–Crippen LogP) is 1.27. The molecule has 1 aliphatic rings. The molecule has 0 amide bonds. The zero-order chi connectivity index (χ0) is 11.0. The van der Waals surface area contributed by atoms with Crippen molar-refractivity contribution in [2.24, 2.45) is 5.92 Å². The van der Waals surface area contributed by atoms with Crippen molar-refractivity contribution in [3.8, 4) is 0 Å². The average Bonchev–Trinajstić information content (AvgIpc) is 2.01. The monoisotopic (exact) mass is 201 g/mol. The van der Waals surface area contributed by atoms with Crippen LogP contribution in [0.3, 0.4) is 0 Å². The van der Waals surface area contributed by atoms with Crippen molar-refractivity contribution in [1.29, 1.82) is 0 Å². The van der Waals surface area contributed by atoms with Gasteiger partial charge in [-0.25, -0.2) is 0 Å². The van der Waals surface area contributed by atoms with Crippen LogP contribution in [0.4, 0.5) is 13.2 Å². The minimum Gasteiger partial charge on any atom is -0.314 e. The minimum atomic E-state index is -4.14. The Kier molecular flexibility index (Phi) is 3.24. The lowest BCUT2D eigenvalue weighted by molar-refractivity contribution is -0.187. The van der Waals surface area contributed by atoms with Crippen LogP contribution in [-0.4, -0.2) is 45.2 Å². The fraction of sp³-hybridized carbons (Fsp3) is 1.00. The molecule has 1 aliphatic heterocycles. The second-order valence-electron chi connectivity index (χ2n) is 4.05. The van der Waals surface area contributed by atoms with E-state index >= 15 is 0 Å². The summed E-state index contributed by atoms with van der Waals surface area (Å²) in [6.07, 6.45) is -3.46. The maximum atomic E-state index is 12.4. The fourth-order valence-electron chi connectivity index (χ4n) is 1.68. The van der Waals surface area contributed by atoms with E-state index in [2.05, 4.69) is 0 Å². The largest absolute Gasteiger partial charge is 0.393 e. The molecular weight excluding hydrogens is 189 g/mol. The number of piperidine rings is 1. The summed E-state index contributed by atoms with van der Waals surface area (Å²) in [6.45, 7) is 1.97. The zero-order valence-electron chi connectivity index (χ0n) is 8.14. The molecule has 1 unspecified atom stereocenters. The van der Waals surface area contributed by atoms with Gasteiger partial charge in [0.2, 0.25) is 0 Å². The number of nitrogens with zero attached hydrogens (tertiary/aromatic N) is 1. The van der Waals surface area contributed by atoms with E-state index in [1.54, 1.807) is 0 Å². The lowest BCUT2D eigenvalue weighted by Gasteiger charge is -2.42. The van der Waals surface area contributed by atoms with Crippen LogP contribution in [0.25, 0.3) is 0 Å². The standard InChI is InChI=1S/C8H12B2F3N/c1-7(9,10)14-4-2-3-6(5-14)8(11,12)13/h6H,2-5H2,1H3. The molecule has 0 bridgehead atoms. The molecular formula is C8H12B2F3N. The normalized spacial score (nSPS) is 26.4. The second-order valence-corrected chi connectivity index (χ2v) is 4.05. The van der Waals surface area contributed by atoms with Crippen LogP contribution in [0.15, 0.2) is 0 Å². The van der Waals surface area contributed by atoms with Crippen LogP contribution >= 0.6 is 0 Å². The quantitative estimate of drug-likeness (QED) is 0.577. The van der Waals surface area contributed by atoms with Gasteiger partial charge in [-0.15, -0.1) is 0 Å². The van der Waals surface area contributed by atoms with Gasteiger partial charge in [0.1, 0.15) is 0 Å². The van der Waals surface area contributed by atoms with Crippen molar-refractivity contribution >= 4 is 15.7 Å². The summed E-state index contributed by atoms with van der Waals surface area (Å²) in [7, 11) is 11.1. The fourth-order valence-corrected chi connectivity index (χ4v) is 1.68. The molecule has 14 heavy (non-hydrogen) atoms. The van der Waals surface area contributed by atoms with Crippen molar-refractivity contribution in [1.82, 2.24) is 4.90 Å². The van der Waals surface area contributed by atoms with Gasteiger partial charge in [-0.05, 0) is 19.4 Å². The van der Waals surface area contributed by atoms with Crippen LogP contribution in [-0.2, 0) is 0 Å². The summed E-state index contributed by atoms with van der Waals surface area (Å²) in [5, 5.41) is -1.15. The molecule has 6 heteroatoms. The molecule has 1 heterocycles. The van der Waals surface area contributed by atoms with Crippen LogP contribution in [0.1, 0.15) is 19.8 Å². The Bertz CT molecular complexity index is 180. The first-order chi connectivity index (χ1) is 6.21. The van der Waals surface area contributed by atoms with E-state index in [1.807, 2.05) is 0 Å². The molecule has 1 rings (SSSR count). The number of hydrogen-bond acceptors (Lipinski definition) is 1. The van der Waals surface area contributed by atoms with Crippen molar-refractivity contribution in [3.63, 3.8) is 0 Å². The molecule has 0 spiro atoms. The van der Waals surface area contributed by atoms with Gasteiger partial charge in [0.05, 0.1) is 21.6 Å². The highest BCUT2D eigenvalue weighted by molar-refractivity contribution is 6.39. The minimum absolute atomic E-state index is 0.0903. The van der Waals surface area contributed by atoms with Gasteiger partial charge in [0.25, 0.3) is 0 Å². The van der Waals surface area contributed by atoms with Gasteiger partial charge in [0, 0.05) is 6.54 Å². The Morgan fingerprint density at radius 1 is 1.29 bits per heavy atom. The van der Waals surface area contributed by atoms with E-state index in [4.69, 9.17) is 15.7 Å². The smallest absolute Gasteiger partial charge is 0.314 e. The average molecular weight is 201 g/mol. The molecule has 0 aromatic heterocycles. The Labute approximate surface area is 84.8 Å². The van der Waals surface area contributed by atoms with E-state index in [0.29, 0.717) is 13.0 Å². The van der Waals surface area contributed by atoms with Crippen LogP contribution in [0, 0.1) is 5.92 Å². The van der Waals surface area contributed by atoms with Crippen LogP contribution in [0.2, 0.25) is 0 Å². The van der Waals surface area contributed by atoms with Crippen molar-refractivity contribution in [3.05, 3.63) is 0 Å². The maximum absolute atomic E-state index is 12.4. The van der Waals surface area contributed by atoms with Gasteiger partial charge in [-0.2, -0.15) is 13.2 Å². The van der Waals surface area contributed by atoms with Crippen LogP contribution in [0.5, 0.6) is 0 Å². The first kappa shape index (κ1) is 12.0. The maximum Gasteiger partial charge on any atom is 0.393 e. The lowest BCUT2D eigenvalue weighted by atomic mass is 9.61.